The Morgan fingerprint density at radius 3 is 2.06 bits per heavy atom. The number of ether oxygens (including phenoxy) is 2. The molecule has 0 spiro atoms. The van der Waals surface area contributed by atoms with Gasteiger partial charge in [0.25, 0.3) is 8.32 Å². The number of piperidine rings is 2. The third-order valence-corrected chi connectivity index (χ3v) is 27.9. The van der Waals surface area contributed by atoms with E-state index in [-0.39, 0.29) is 69.7 Å². The Morgan fingerprint density at radius 2 is 1.49 bits per heavy atom. The average molecular weight is 962 g/mol. The molecule has 6 rings (SSSR count). The molecule has 2 aliphatic heterocycles. The van der Waals surface area contributed by atoms with Gasteiger partial charge >= 0.3 is 6.01 Å². The molecule has 2 fully saturated rings. The maximum Gasteiger partial charge on any atom is 0.319 e. The summed E-state index contributed by atoms with van der Waals surface area (Å²) in [5.74, 6) is 2.78. The second-order valence-electron chi connectivity index (χ2n) is 22.2. The lowest BCUT2D eigenvalue weighted by atomic mass is 9.73. The summed E-state index contributed by atoms with van der Waals surface area (Å²) >= 11 is 0. The van der Waals surface area contributed by atoms with E-state index in [1.807, 2.05) is 24.9 Å². The lowest BCUT2D eigenvalue weighted by Crippen LogP contribution is -2.50. The van der Waals surface area contributed by atoms with Gasteiger partial charge in [0.1, 0.15) is 42.1 Å². The number of anilines is 1. The predicted molar refractivity (Wildman–Crippen MR) is 274 cm³/mol. The van der Waals surface area contributed by atoms with Crippen LogP contribution in [0.2, 0.25) is 33.2 Å². The van der Waals surface area contributed by atoms with Gasteiger partial charge < -0.3 is 28.8 Å². The first-order valence-corrected chi connectivity index (χ1v) is 29.0. The first kappa shape index (κ1) is 52.5. The van der Waals surface area contributed by atoms with Gasteiger partial charge in [-0.25, -0.2) is 13.8 Å². The van der Waals surface area contributed by atoms with Crippen molar-refractivity contribution in [2.75, 3.05) is 58.5 Å². The van der Waals surface area contributed by atoms with E-state index in [9.17, 15) is 9.50 Å². The zero-order chi connectivity index (χ0) is 49.6. The van der Waals surface area contributed by atoms with Crippen molar-refractivity contribution in [3.8, 4) is 40.4 Å². The number of pyridine rings is 1. The molecule has 0 unspecified atom stereocenters. The molecule has 67 heavy (non-hydrogen) atoms. The molecule has 0 saturated carbocycles. The second kappa shape index (κ2) is 20.2. The van der Waals surface area contributed by atoms with Gasteiger partial charge in [-0.15, -0.1) is 5.54 Å². The highest BCUT2D eigenvalue weighted by atomic mass is 28.4. The van der Waals surface area contributed by atoms with Gasteiger partial charge in [-0.3, -0.25) is 4.39 Å². The molecule has 0 bridgehead atoms. The highest BCUT2D eigenvalue weighted by molar-refractivity contribution is 6.90. The Morgan fingerprint density at radius 1 is 0.851 bits per heavy atom. The molecule has 2 aromatic heterocycles. The summed E-state index contributed by atoms with van der Waals surface area (Å²) < 4.78 is 69.5. The van der Waals surface area contributed by atoms with E-state index in [1.165, 1.54) is 13.2 Å². The van der Waals surface area contributed by atoms with E-state index in [0.717, 1.165) is 6.54 Å². The van der Waals surface area contributed by atoms with Crippen LogP contribution in [0.1, 0.15) is 122 Å². The summed E-state index contributed by atoms with van der Waals surface area (Å²) in [6, 6.07) is 6.81. The van der Waals surface area contributed by atoms with Crippen molar-refractivity contribution in [3.63, 3.8) is 0 Å². The maximum absolute atomic E-state index is 18.4. The number of hydrogen-bond acceptors (Lipinski definition) is 9. The molecule has 2 saturated heterocycles. The van der Waals surface area contributed by atoms with Crippen LogP contribution in [-0.4, -0.2) is 101 Å². The summed E-state index contributed by atoms with van der Waals surface area (Å²) in [4.78, 5) is 18.7. The van der Waals surface area contributed by atoms with E-state index >= 15 is 8.78 Å². The normalized spacial score (nSPS) is 21.1. The highest BCUT2D eigenvalue weighted by Gasteiger charge is 2.48. The lowest BCUT2D eigenvalue weighted by molar-refractivity contribution is 0.000292. The van der Waals surface area contributed by atoms with Crippen molar-refractivity contribution >= 4 is 43.9 Å². The number of rotatable bonds is 15. The number of aliphatic hydroxyl groups is 1. The average Bonchev–Trinajstić information content (AvgIpc) is 3.24. The molecular weight excluding hydrogens is 884 g/mol. The van der Waals surface area contributed by atoms with Gasteiger partial charge in [-0.05, 0) is 103 Å². The summed E-state index contributed by atoms with van der Waals surface area (Å²) in [6.07, 6.45) is 1.91. The van der Waals surface area contributed by atoms with E-state index < -0.39 is 45.7 Å². The number of aromatic nitrogens is 3. The standard InChI is InChI=1S/C53H78F3N5O4Si2/c1-32(2)66(33(3)4,34(5)6)25-21-41-43(55)19-18-38-26-40(65-67(35(7)8,36(9)10)37(11)12)27-42(44(38)41)47-46(56)48-45(50(57-47)63-16)49(61-23-17-22-53(14,62)30-61)59-51(58-48)64-31-52(13)29-60(15)24-20-39(52)28-54/h18-19,26-27,32-37,39,62H,17,20,22-24,28-31H2,1-16H3/t39-,52+,53-/m1/s1. The molecule has 0 amide bonds. The molecule has 9 nitrogen and oxygen atoms in total. The number of alkyl halides is 1. The van der Waals surface area contributed by atoms with Crippen molar-refractivity contribution in [1.29, 1.82) is 0 Å². The van der Waals surface area contributed by atoms with Crippen molar-refractivity contribution < 1.29 is 32.2 Å². The highest BCUT2D eigenvalue weighted by Crippen LogP contribution is 2.48. The predicted octanol–water partition coefficient (Wildman–Crippen LogP) is 12.9. The molecule has 3 atom stereocenters. The smallest absolute Gasteiger partial charge is 0.319 e. The van der Waals surface area contributed by atoms with E-state index in [0.29, 0.717) is 76.9 Å². The first-order chi connectivity index (χ1) is 31.4. The van der Waals surface area contributed by atoms with Crippen LogP contribution in [0.15, 0.2) is 24.3 Å². The van der Waals surface area contributed by atoms with Gasteiger partial charge in [0.15, 0.2) is 5.82 Å². The number of β-amino-alcohol motifs (C(OH)–C–C–N with tert-alkyl or cyclic N) is 1. The number of halogens is 3. The van der Waals surface area contributed by atoms with Crippen LogP contribution in [0.3, 0.4) is 0 Å². The molecule has 0 radical (unpaired) electrons. The van der Waals surface area contributed by atoms with E-state index in [4.69, 9.17) is 28.9 Å². The number of hydrogen-bond donors (Lipinski definition) is 1. The van der Waals surface area contributed by atoms with Crippen LogP contribution in [0.4, 0.5) is 19.0 Å². The Bertz CT molecular complexity index is 2440. The van der Waals surface area contributed by atoms with Gasteiger partial charge in [-0.2, -0.15) is 9.97 Å². The van der Waals surface area contributed by atoms with Crippen LogP contribution in [0, 0.1) is 34.4 Å². The molecule has 4 heterocycles. The number of methoxy groups -OCH3 is 1. The van der Waals surface area contributed by atoms with Crippen LogP contribution >= 0.6 is 0 Å². The van der Waals surface area contributed by atoms with Gasteiger partial charge in [0, 0.05) is 36.0 Å². The molecule has 2 aliphatic rings. The molecule has 368 valence electrons. The fourth-order valence-corrected chi connectivity index (χ4v) is 22.7. The fourth-order valence-electron chi connectivity index (χ4n) is 12.3. The summed E-state index contributed by atoms with van der Waals surface area (Å²) in [7, 11) is -1.46. The third-order valence-electron chi connectivity index (χ3n) is 15.6. The number of fused-ring (bicyclic) bond motifs is 2. The first-order valence-electron chi connectivity index (χ1n) is 24.7. The second-order valence-corrected chi connectivity index (χ2v) is 33.2. The molecule has 0 aliphatic carbocycles. The molecule has 2 aromatic carbocycles. The van der Waals surface area contributed by atoms with Gasteiger partial charge in [0.2, 0.25) is 5.88 Å². The summed E-state index contributed by atoms with van der Waals surface area (Å²) in [5.41, 5.74) is 3.95. The zero-order valence-corrected chi connectivity index (χ0v) is 45.3. The lowest BCUT2D eigenvalue weighted by Gasteiger charge is -2.43. The monoisotopic (exact) mass is 962 g/mol. The number of nitrogens with zero attached hydrogens (tertiary/aromatic N) is 5. The van der Waals surface area contributed by atoms with Crippen LogP contribution in [-0.2, 0) is 0 Å². The Hall–Kier alpha value is -3.91. The minimum atomic E-state index is -2.57. The van der Waals surface area contributed by atoms with Crippen molar-refractivity contribution in [3.05, 3.63) is 41.5 Å². The number of likely N-dealkylation sites (tertiary alicyclic amines) is 1. The summed E-state index contributed by atoms with van der Waals surface area (Å²) in [6.45, 7) is 32.1. The molecule has 1 N–H and O–H groups in total. The summed E-state index contributed by atoms with van der Waals surface area (Å²) in [5, 5.41) is 12.6. The molecule has 4 aromatic rings. The topological polar surface area (TPSA) is 93.1 Å². The Kier molecular flexibility index (Phi) is 15.8. The fraction of sp³-hybridized carbons (Fsp3) is 0.642. The SMILES string of the molecule is COc1nc(-c2cc(O[Si](C(C)C)(C(C)C)C(C)C)cc3ccc(F)c(C#C[Si](C(C)C)(C(C)C)C(C)C)c23)c(F)c2nc(OC[C@]3(C)CN(C)CC[C@@H]3CF)nc(N3CCC[C@@](C)(O)C3)c12. The minimum absolute atomic E-state index is 0.0566. The van der Waals surface area contributed by atoms with Crippen molar-refractivity contribution in [2.45, 2.75) is 155 Å². The van der Waals surface area contributed by atoms with Crippen LogP contribution in [0.5, 0.6) is 17.6 Å². The maximum atomic E-state index is 18.4. The zero-order valence-electron chi connectivity index (χ0n) is 43.3. The van der Waals surface area contributed by atoms with Crippen LogP contribution < -0.4 is 18.8 Å². The van der Waals surface area contributed by atoms with Crippen molar-refractivity contribution in [2.24, 2.45) is 11.3 Å². The third kappa shape index (κ3) is 9.95. The van der Waals surface area contributed by atoms with Gasteiger partial charge in [-0.1, -0.05) is 102 Å². The molecular formula is C53H78F3N5O4Si2. The Balaban J connectivity index is 1.71. The number of benzene rings is 2. The minimum Gasteiger partial charge on any atom is -0.543 e. The van der Waals surface area contributed by atoms with Gasteiger partial charge in [0.05, 0.1) is 31.6 Å². The van der Waals surface area contributed by atoms with E-state index in [1.54, 1.807) is 19.1 Å². The van der Waals surface area contributed by atoms with E-state index in [2.05, 4.69) is 99.4 Å². The molecule has 14 heteroatoms. The quantitative estimate of drug-likeness (QED) is 0.0923. The van der Waals surface area contributed by atoms with Crippen LogP contribution in [0.25, 0.3) is 32.9 Å². The Labute approximate surface area is 401 Å². The van der Waals surface area contributed by atoms with Crippen molar-refractivity contribution in [1.82, 2.24) is 19.9 Å². The largest absolute Gasteiger partial charge is 0.543 e.